The molecule has 0 aliphatic carbocycles. The van der Waals surface area contributed by atoms with Crippen LogP contribution in [0.1, 0.15) is 50.9 Å². The standard InChI is InChI=1S/C17H23F5O5Si/c1-9(2)26-28(24,27-10(3)4)8-6-5-7-25-17(23)11-12(18)14(20)16(22)15(21)13(11)19/h9-10,24H,5-8H2,1-4H3. The molecule has 1 aromatic rings. The molecule has 0 unspecified atom stereocenters. The van der Waals surface area contributed by atoms with Crippen LogP contribution in [-0.2, 0) is 13.6 Å². The number of unbranched alkanes of at least 4 members (excludes halogenated alkanes) is 1. The number of carbonyl (C=O) groups is 1. The van der Waals surface area contributed by atoms with Crippen LogP contribution in [-0.4, -0.2) is 38.4 Å². The van der Waals surface area contributed by atoms with E-state index < -0.39 is 49.4 Å². The first-order chi connectivity index (χ1) is 12.9. The monoisotopic (exact) mass is 430 g/mol. The van der Waals surface area contributed by atoms with Gasteiger partial charge in [0.1, 0.15) is 5.56 Å². The maximum Gasteiger partial charge on any atom is 0.498 e. The first-order valence-electron chi connectivity index (χ1n) is 8.66. The lowest BCUT2D eigenvalue weighted by Crippen LogP contribution is -2.46. The molecular weight excluding hydrogens is 407 g/mol. The van der Waals surface area contributed by atoms with Crippen LogP contribution < -0.4 is 0 Å². The third-order valence-corrected chi connectivity index (χ3v) is 6.04. The van der Waals surface area contributed by atoms with E-state index in [0.29, 0.717) is 0 Å². The van der Waals surface area contributed by atoms with Crippen molar-refractivity contribution in [1.29, 1.82) is 0 Å². The van der Waals surface area contributed by atoms with Crippen molar-refractivity contribution in [2.75, 3.05) is 6.61 Å². The Morgan fingerprint density at radius 3 is 1.71 bits per heavy atom. The predicted octanol–water partition coefficient (Wildman–Crippen LogP) is 4.10. The highest BCUT2D eigenvalue weighted by atomic mass is 28.4. The minimum Gasteiger partial charge on any atom is -0.462 e. The summed E-state index contributed by atoms with van der Waals surface area (Å²) in [6.45, 7) is 6.56. The number of benzene rings is 1. The molecule has 0 radical (unpaired) electrons. The van der Waals surface area contributed by atoms with Gasteiger partial charge in [-0.1, -0.05) is 0 Å². The third-order valence-electron chi connectivity index (χ3n) is 3.37. The molecule has 0 heterocycles. The summed E-state index contributed by atoms with van der Waals surface area (Å²) in [7, 11) is -3.46. The van der Waals surface area contributed by atoms with Gasteiger partial charge >= 0.3 is 14.8 Å². The van der Waals surface area contributed by atoms with Gasteiger partial charge in [-0.15, -0.1) is 0 Å². The van der Waals surface area contributed by atoms with Crippen LogP contribution in [0, 0.1) is 29.1 Å². The largest absolute Gasteiger partial charge is 0.498 e. The van der Waals surface area contributed by atoms with Gasteiger partial charge in [0.15, 0.2) is 23.3 Å². The van der Waals surface area contributed by atoms with Gasteiger partial charge in [-0.05, 0) is 40.5 Å². The molecular formula is C17H23F5O5Si. The van der Waals surface area contributed by atoms with Crippen molar-refractivity contribution in [1.82, 2.24) is 0 Å². The van der Waals surface area contributed by atoms with Crippen molar-refractivity contribution >= 4 is 14.8 Å². The van der Waals surface area contributed by atoms with Gasteiger partial charge in [-0.2, -0.15) is 0 Å². The first kappa shape index (κ1) is 24.5. The highest BCUT2D eigenvalue weighted by molar-refractivity contribution is 6.59. The van der Waals surface area contributed by atoms with Crippen LogP contribution in [0.2, 0.25) is 6.04 Å². The van der Waals surface area contributed by atoms with E-state index in [2.05, 4.69) is 4.74 Å². The molecule has 28 heavy (non-hydrogen) atoms. The molecule has 5 nitrogen and oxygen atoms in total. The molecule has 0 fully saturated rings. The Morgan fingerprint density at radius 1 is 0.857 bits per heavy atom. The molecule has 0 bridgehead atoms. The summed E-state index contributed by atoms with van der Waals surface area (Å²) in [4.78, 5) is 22.2. The second kappa shape index (κ2) is 10.3. The molecule has 0 atom stereocenters. The van der Waals surface area contributed by atoms with Crippen molar-refractivity contribution in [3.8, 4) is 0 Å². The second-order valence-electron chi connectivity index (χ2n) is 6.58. The topological polar surface area (TPSA) is 65.0 Å². The number of rotatable bonds is 10. The molecule has 0 aliphatic heterocycles. The fourth-order valence-corrected chi connectivity index (χ4v) is 4.82. The fraction of sp³-hybridized carbons (Fsp3) is 0.588. The van der Waals surface area contributed by atoms with Gasteiger partial charge in [0, 0.05) is 18.3 Å². The van der Waals surface area contributed by atoms with E-state index in [4.69, 9.17) is 8.85 Å². The van der Waals surface area contributed by atoms with Gasteiger partial charge in [-0.3, -0.25) is 0 Å². The van der Waals surface area contributed by atoms with Crippen molar-refractivity contribution < 1.29 is 45.1 Å². The molecule has 0 spiro atoms. The molecule has 1 rings (SSSR count). The Labute approximate surface area is 160 Å². The summed E-state index contributed by atoms with van der Waals surface area (Å²) in [5, 5.41) is 0. The van der Waals surface area contributed by atoms with Crippen molar-refractivity contribution in [2.24, 2.45) is 0 Å². The van der Waals surface area contributed by atoms with Crippen LogP contribution in [0.3, 0.4) is 0 Å². The van der Waals surface area contributed by atoms with Gasteiger partial charge < -0.3 is 18.4 Å². The molecule has 0 saturated carbocycles. The number of esters is 1. The Bertz CT molecular complexity index is 660. The van der Waals surface area contributed by atoms with Gasteiger partial charge in [0.05, 0.1) is 6.61 Å². The maximum absolute atomic E-state index is 13.5. The SMILES string of the molecule is CC(C)O[Si](O)(CCCCOC(=O)c1c(F)c(F)c(F)c(F)c1F)OC(C)C. The number of halogens is 5. The van der Waals surface area contributed by atoms with E-state index in [1.165, 1.54) is 0 Å². The van der Waals surface area contributed by atoms with E-state index in [9.17, 15) is 31.5 Å². The highest BCUT2D eigenvalue weighted by Crippen LogP contribution is 2.24. The third kappa shape index (κ3) is 6.50. The van der Waals surface area contributed by atoms with E-state index >= 15 is 0 Å². The molecule has 0 amide bonds. The van der Waals surface area contributed by atoms with E-state index in [-0.39, 0.29) is 37.7 Å². The smallest absolute Gasteiger partial charge is 0.462 e. The average molecular weight is 430 g/mol. The molecule has 160 valence electrons. The van der Waals surface area contributed by atoms with E-state index in [1.54, 1.807) is 27.7 Å². The molecule has 11 heteroatoms. The maximum atomic E-state index is 13.5. The summed E-state index contributed by atoms with van der Waals surface area (Å²) in [5.41, 5.74) is -1.64. The Kier molecular flexibility index (Phi) is 8.99. The summed E-state index contributed by atoms with van der Waals surface area (Å²) < 4.78 is 81.8. The van der Waals surface area contributed by atoms with E-state index in [0.717, 1.165) is 0 Å². The van der Waals surface area contributed by atoms with Crippen molar-refractivity contribution in [3.05, 3.63) is 34.6 Å². The van der Waals surface area contributed by atoms with Gasteiger partial charge in [0.25, 0.3) is 0 Å². The zero-order chi connectivity index (χ0) is 21.6. The highest BCUT2D eigenvalue weighted by Gasteiger charge is 2.38. The number of hydrogen-bond acceptors (Lipinski definition) is 5. The van der Waals surface area contributed by atoms with Gasteiger partial charge in [-0.25, -0.2) is 26.7 Å². The molecule has 1 aromatic carbocycles. The lowest BCUT2D eigenvalue weighted by atomic mass is 10.1. The molecule has 1 N–H and O–H groups in total. The minimum atomic E-state index is -3.46. The van der Waals surface area contributed by atoms with Crippen molar-refractivity contribution in [3.63, 3.8) is 0 Å². The molecule has 0 aliphatic rings. The quantitative estimate of drug-likeness (QED) is 0.151. The number of ether oxygens (including phenoxy) is 1. The normalized spacial score (nSPS) is 12.1. The predicted molar refractivity (Wildman–Crippen MR) is 91.0 cm³/mol. The number of carbonyl (C=O) groups excluding carboxylic acids is 1. The van der Waals surface area contributed by atoms with Crippen LogP contribution in [0.4, 0.5) is 22.0 Å². The lowest BCUT2D eigenvalue weighted by Gasteiger charge is -2.28. The first-order valence-corrected chi connectivity index (χ1v) is 10.6. The Hall–Kier alpha value is -1.56. The Balaban J connectivity index is 2.64. The van der Waals surface area contributed by atoms with Gasteiger partial charge in [0.2, 0.25) is 5.82 Å². The zero-order valence-corrected chi connectivity index (χ0v) is 17.0. The van der Waals surface area contributed by atoms with Crippen LogP contribution in [0.25, 0.3) is 0 Å². The lowest BCUT2D eigenvalue weighted by molar-refractivity contribution is 0.0447. The summed E-state index contributed by atoms with van der Waals surface area (Å²) in [5.74, 6) is -13.0. The average Bonchev–Trinajstić information content (AvgIpc) is 2.56. The molecule has 0 saturated heterocycles. The van der Waals surface area contributed by atoms with Crippen LogP contribution in [0.15, 0.2) is 0 Å². The fourth-order valence-electron chi connectivity index (χ4n) is 2.35. The molecule has 0 aromatic heterocycles. The zero-order valence-electron chi connectivity index (χ0n) is 16.0. The number of hydrogen-bond donors (Lipinski definition) is 1. The Morgan fingerprint density at radius 2 is 1.29 bits per heavy atom. The minimum absolute atomic E-state index is 0.142. The summed E-state index contributed by atoms with van der Waals surface area (Å²) in [6.07, 6.45) is -0.115. The van der Waals surface area contributed by atoms with Crippen molar-refractivity contribution in [2.45, 2.75) is 58.8 Å². The summed E-state index contributed by atoms with van der Waals surface area (Å²) >= 11 is 0. The van der Waals surface area contributed by atoms with E-state index in [1.807, 2.05) is 0 Å². The van der Waals surface area contributed by atoms with Crippen LogP contribution in [0.5, 0.6) is 0 Å². The summed E-state index contributed by atoms with van der Waals surface area (Å²) in [6, 6.07) is 0.142. The van der Waals surface area contributed by atoms with Crippen LogP contribution >= 0.6 is 0 Å². The second-order valence-corrected chi connectivity index (χ2v) is 8.98.